The Hall–Kier alpha value is -11.6. The van der Waals surface area contributed by atoms with Crippen LogP contribution < -0.4 is 73.4 Å². The van der Waals surface area contributed by atoms with Crippen LogP contribution in [0.2, 0.25) is 0 Å². The lowest BCUT2D eigenvalue weighted by molar-refractivity contribution is -0.0499. The van der Waals surface area contributed by atoms with Crippen molar-refractivity contribution in [2.24, 2.45) is 26.9 Å². The third-order valence-corrected chi connectivity index (χ3v) is 20.6. The van der Waals surface area contributed by atoms with Gasteiger partial charge in [-0.3, -0.25) is 56.4 Å². The number of Topliss-reactive ketones (excluding diaryl/α,β-unsaturated/α-hetero) is 1. The first-order valence-electron chi connectivity index (χ1n) is 33.2. The van der Waals surface area contributed by atoms with Crippen LogP contribution in [0.15, 0.2) is 191 Å². The van der Waals surface area contributed by atoms with Crippen LogP contribution in [0.5, 0.6) is 40.2 Å². The minimum Gasteiger partial charge on any atom is -0.497 e. The van der Waals surface area contributed by atoms with Crippen molar-refractivity contribution in [3.63, 3.8) is 0 Å². The van der Waals surface area contributed by atoms with Crippen molar-refractivity contribution in [3.8, 4) is 51.6 Å². The fraction of sp³-hybridized carbons (Fsp3) is 0.169. The first-order chi connectivity index (χ1) is 53.8. The molecule has 5 aromatic heterocycles. The highest BCUT2D eigenvalue weighted by Gasteiger charge is 2.49. The Morgan fingerprint density at radius 2 is 0.930 bits per heavy atom. The molecule has 0 unspecified atom stereocenters. The molecule has 0 radical (unpaired) electrons. The second-order valence-electron chi connectivity index (χ2n) is 24.7. The minimum absolute atomic E-state index is 0.0152. The van der Waals surface area contributed by atoms with Gasteiger partial charge in [0.25, 0.3) is 33.7 Å². The summed E-state index contributed by atoms with van der Waals surface area (Å²) in [5, 5.41) is 1.77. The fourth-order valence-corrected chi connectivity index (χ4v) is 13.5. The number of pyridine rings is 3. The lowest BCUT2D eigenvalue weighted by atomic mass is 10.0. The normalized spacial score (nSPS) is 11.3. The second kappa shape index (κ2) is 34.8. The number of carbonyl (C=O) groups excluding carboxylic acids is 3. The van der Waals surface area contributed by atoms with Gasteiger partial charge in [-0.15, -0.1) is 0 Å². The number of fused-ring (bicyclic) bond motifs is 2. The maximum Gasteiger partial charge on any atom is 0.534 e. The third-order valence-electron chi connectivity index (χ3n) is 17.6. The molecule has 12 rings (SSSR count). The number of amides is 1. The number of primary amides is 1. The number of anilines is 2. The molecule has 0 aliphatic carbocycles. The molecule has 37 heteroatoms. The number of halogens is 9. The van der Waals surface area contributed by atoms with E-state index in [0.29, 0.717) is 82.0 Å². The van der Waals surface area contributed by atoms with Gasteiger partial charge in [-0.25, -0.2) is 36.7 Å². The number of hydrogen-bond acceptors (Lipinski definition) is 19. The van der Waals surface area contributed by atoms with Gasteiger partial charge in [0.05, 0.1) is 57.0 Å². The number of alkyl halides is 3. The predicted molar refractivity (Wildman–Crippen MR) is 434 cm³/mol. The molecule has 0 fully saturated rings. The smallest absolute Gasteiger partial charge is 0.497 e. The molecule has 7 aromatic carbocycles. The van der Waals surface area contributed by atoms with E-state index in [1.807, 2.05) is 45.2 Å². The van der Waals surface area contributed by atoms with Crippen molar-refractivity contribution in [1.29, 1.82) is 0 Å². The first-order valence-corrected chi connectivity index (χ1v) is 37.9. The van der Waals surface area contributed by atoms with E-state index in [4.69, 9.17) is 29.4 Å². The van der Waals surface area contributed by atoms with Crippen LogP contribution >= 0.6 is 67.8 Å². The number of benzene rings is 7. The van der Waals surface area contributed by atoms with E-state index >= 15 is 8.78 Å². The summed E-state index contributed by atoms with van der Waals surface area (Å²) in [6.45, 7) is 4.47. The maximum absolute atomic E-state index is 15.4. The number of methoxy groups -OCH3 is 3. The Labute approximate surface area is 681 Å². The number of esters is 1. The number of carbonyl (C=O) groups is 3. The lowest BCUT2D eigenvalue weighted by Crippen LogP contribution is -2.42. The molecule has 3 N–H and O–H groups in total. The van der Waals surface area contributed by atoms with Crippen LogP contribution in [-0.2, 0) is 49.1 Å². The molecule has 0 saturated heterocycles. The molecule has 1 amide bonds. The van der Waals surface area contributed by atoms with Crippen LogP contribution in [0, 0.1) is 42.0 Å². The van der Waals surface area contributed by atoms with E-state index in [2.05, 4.69) is 9.50 Å². The van der Waals surface area contributed by atoms with Crippen molar-refractivity contribution >= 4 is 129 Å². The number of ketones is 1. The molecule has 0 spiro atoms. The maximum atomic E-state index is 15.4. The summed E-state index contributed by atoms with van der Waals surface area (Å²) in [6, 6.07) is 37.4. The van der Waals surface area contributed by atoms with E-state index in [9.17, 15) is 73.9 Å². The molecular formula is C77H62F6I3N9O18S. The first kappa shape index (κ1) is 84.8. The number of nitrogens with zero attached hydrogens (tertiary/aromatic N) is 7. The number of aryl methyl sites for hydroxylation is 2. The summed E-state index contributed by atoms with van der Waals surface area (Å²) in [6.07, 6.45) is 0.318. The van der Waals surface area contributed by atoms with Crippen molar-refractivity contribution in [2.45, 2.75) is 45.8 Å². The average Bonchev–Trinajstić information content (AvgIpc) is 0.732. The summed E-state index contributed by atoms with van der Waals surface area (Å²) in [5.74, 6) is -3.85. The van der Waals surface area contributed by atoms with Gasteiger partial charge in [0.2, 0.25) is 0 Å². The van der Waals surface area contributed by atoms with Crippen LogP contribution in [-0.4, -0.2) is 84.9 Å². The van der Waals surface area contributed by atoms with E-state index in [-0.39, 0.29) is 68.9 Å². The molecule has 0 saturated carbocycles. The average molecular weight is 1930 g/mol. The zero-order valence-corrected chi connectivity index (χ0v) is 68.3. The zero-order chi connectivity index (χ0) is 83.4. The molecule has 12 aromatic rings. The molecule has 592 valence electrons. The van der Waals surface area contributed by atoms with Gasteiger partial charge in [-0.05, 0) is 190 Å². The number of nitrogens with two attached hydrogens (primary N) is 1. The van der Waals surface area contributed by atoms with Gasteiger partial charge in [-0.2, -0.15) is 21.6 Å². The van der Waals surface area contributed by atoms with E-state index < -0.39 is 113 Å². The second-order valence-corrected chi connectivity index (χ2v) is 29.9. The van der Waals surface area contributed by atoms with Gasteiger partial charge in [0, 0.05) is 73.2 Å². The van der Waals surface area contributed by atoms with Crippen LogP contribution in [0.25, 0.3) is 33.4 Å². The number of aromatic nitrogens is 7. The third kappa shape index (κ3) is 17.6. The monoisotopic (exact) mass is 1930 g/mol. The summed E-state index contributed by atoms with van der Waals surface area (Å²) in [7, 11) is 1.72. The standard InChI is InChI=1S/C31H25FIN3O7.C23H16F4IN3O7S.C23H21FIN3O4/c1-17-21(30(39)42-4)6-5-7-24(17)43-25-15-26(37)34(2)28-27(25)29(38)35(16-18-8-11-20(41-3)12-9-18)31(40)36(28)23-13-10-19(33)14-22(23)32;1-29-18(32)10-17(38-39(35,36)23(25,26)27)19-20(29)31(16-8-5-13(28)9-15(16)24)22(34)30(21(19)33)11-12-3-6-14(37-2)7-4-12;1-4-17(29)14-6-5-7-18(12(14)2)32-19-11-20(30)28(3)23(21(19)22(26)31)27-16-9-8-13(25)10-15(16)24/h5-15H,16H2,1-4H3;3-10H,11H2,1-2H3;5-11,27H,4H2,1-3H3,(H2,26,31). The van der Waals surface area contributed by atoms with Crippen LogP contribution in [0.4, 0.5) is 37.8 Å². The number of nitrogens with one attached hydrogen (secondary N) is 1. The summed E-state index contributed by atoms with van der Waals surface area (Å²) in [5.41, 5.74) is -5.49. The Morgan fingerprint density at radius 3 is 1.36 bits per heavy atom. The Morgan fingerprint density at radius 1 is 0.518 bits per heavy atom. The van der Waals surface area contributed by atoms with Gasteiger partial charge in [0.1, 0.15) is 85.4 Å². The highest BCUT2D eigenvalue weighted by atomic mass is 127. The van der Waals surface area contributed by atoms with Crippen molar-refractivity contribution < 1.29 is 77.0 Å². The van der Waals surface area contributed by atoms with Gasteiger partial charge in [-0.1, -0.05) is 49.4 Å². The van der Waals surface area contributed by atoms with E-state index in [1.165, 1.54) is 90.0 Å². The fourth-order valence-electron chi connectivity index (χ4n) is 11.7. The Kier molecular flexibility index (Phi) is 25.9. The van der Waals surface area contributed by atoms with Crippen molar-refractivity contribution in [3.05, 3.63) is 298 Å². The molecular weight excluding hydrogens is 1870 g/mol. The zero-order valence-electron chi connectivity index (χ0n) is 61.0. The number of rotatable bonds is 20. The summed E-state index contributed by atoms with van der Waals surface area (Å²) in [4.78, 5) is 131. The molecule has 0 aliphatic rings. The highest BCUT2D eigenvalue weighted by molar-refractivity contribution is 14.1. The molecule has 0 aliphatic heterocycles. The highest BCUT2D eigenvalue weighted by Crippen LogP contribution is 2.37. The molecule has 0 bridgehead atoms. The molecule has 27 nitrogen and oxygen atoms in total. The van der Waals surface area contributed by atoms with Crippen molar-refractivity contribution in [1.82, 2.24) is 32.0 Å². The Bertz CT molecular complexity index is 6490. The van der Waals surface area contributed by atoms with E-state index in [1.54, 1.807) is 116 Å². The van der Waals surface area contributed by atoms with E-state index in [0.717, 1.165) is 49.6 Å². The lowest BCUT2D eigenvalue weighted by Gasteiger charge is -2.19. The molecule has 0 atom stereocenters. The van der Waals surface area contributed by atoms with Gasteiger partial charge >= 0.3 is 33.0 Å². The molecule has 5 heterocycles. The van der Waals surface area contributed by atoms with Gasteiger partial charge in [0.15, 0.2) is 11.5 Å². The predicted octanol–water partition coefficient (Wildman–Crippen LogP) is 12.1. The number of ether oxygens (including phenoxy) is 5. The quantitative estimate of drug-likeness (QED) is 0.0179. The number of hydrogen-bond donors (Lipinski definition) is 2. The summed E-state index contributed by atoms with van der Waals surface area (Å²) >= 11 is 5.71. The van der Waals surface area contributed by atoms with Crippen LogP contribution in [0.3, 0.4) is 0 Å². The molecule has 114 heavy (non-hydrogen) atoms. The van der Waals surface area contributed by atoms with Gasteiger partial charge < -0.3 is 38.9 Å². The Balaban J connectivity index is 0.000000183. The topological polar surface area (TPSA) is 333 Å². The summed E-state index contributed by atoms with van der Waals surface area (Å²) < 4.78 is 147. The largest absolute Gasteiger partial charge is 0.534 e. The SMILES string of the molecule is CCC(=O)c1cccc(Oc2cc(=O)n(C)c(Nc3ccc(I)cc3F)c2C(N)=O)c1C.COC(=O)c1cccc(Oc2cc(=O)n(C)c3c2c(=O)n(Cc2ccc(OC)cc2)c(=O)n3-c2ccc(I)cc2F)c1C.COc1ccc(Cn2c(=O)c3c(OS(=O)(=O)C(F)(F)F)cc(=O)n(C)c3n(-c3ccc(I)cc3F)c2=O)cc1. The van der Waals surface area contributed by atoms with Crippen molar-refractivity contribution in [2.75, 3.05) is 26.6 Å². The minimum atomic E-state index is -6.34. The van der Waals surface area contributed by atoms with Crippen LogP contribution in [0.1, 0.15) is 66.7 Å².